The first-order valence-corrected chi connectivity index (χ1v) is 10.2. The zero-order valence-electron chi connectivity index (χ0n) is 17.1. The summed E-state index contributed by atoms with van der Waals surface area (Å²) in [7, 11) is 0. The van der Waals surface area contributed by atoms with Crippen LogP contribution in [0.1, 0.15) is 36.8 Å². The van der Waals surface area contributed by atoms with E-state index in [0.717, 1.165) is 23.2 Å². The SMILES string of the molecule is CCOC(=O)CC(CC=O)c1ccc(OCc2ccc(-c3ccccc3)cc2)cc1. The summed E-state index contributed by atoms with van der Waals surface area (Å²) >= 11 is 0. The van der Waals surface area contributed by atoms with E-state index >= 15 is 0 Å². The van der Waals surface area contributed by atoms with Crippen molar-refractivity contribution in [3.63, 3.8) is 0 Å². The van der Waals surface area contributed by atoms with Crippen LogP contribution in [0.4, 0.5) is 0 Å². The van der Waals surface area contributed by atoms with Crippen molar-refractivity contribution in [3.05, 3.63) is 90.0 Å². The molecule has 0 saturated heterocycles. The molecule has 0 aliphatic heterocycles. The molecule has 1 atom stereocenters. The summed E-state index contributed by atoms with van der Waals surface area (Å²) in [6, 6.07) is 26.1. The van der Waals surface area contributed by atoms with Gasteiger partial charge in [-0.2, -0.15) is 0 Å². The fourth-order valence-corrected chi connectivity index (χ4v) is 3.30. The molecule has 3 rings (SSSR count). The van der Waals surface area contributed by atoms with Gasteiger partial charge in [0.2, 0.25) is 0 Å². The lowest BCUT2D eigenvalue weighted by Crippen LogP contribution is -2.11. The number of rotatable bonds is 10. The molecule has 0 heterocycles. The normalized spacial score (nSPS) is 11.5. The molecule has 154 valence electrons. The Bertz CT molecular complexity index is 931. The van der Waals surface area contributed by atoms with Gasteiger partial charge in [0.1, 0.15) is 18.6 Å². The zero-order valence-corrected chi connectivity index (χ0v) is 17.1. The Hall–Kier alpha value is -3.40. The Morgan fingerprint density at radius 2 is 1.57 bits per heavy atom. The Morgan fingerprint density at radius 1 is 0.900 bits per heavy atom. The van der Waals surface area contributed by atoms with Gasteiger partial charge in [0.25, 0.3) is 0 Å². The topological polar surface area (TPSA) is 52.6 Å². The van der Waals surface area contributed by atoms with Crippen LogP contribution < -0.4 is 4.74 Å². The maximum atomic E-state index is 11.8. The highest BCUT2D eigenvalue weighted by Gasteiger charge is 2.16. The van der Waals surface area contributed by atoms with Crippen molar-refractivity contribution in [1.82, 2.24) is 0 Å². The largest absolute Gasteiger partial charge is 0.489 e. The highest BCUT2D eigenvalue weighted by atomic mass is 16.5. The van der Waals surface area contributed by atoms with Gasteiger partial charge in [-0.15, -0.1) is 0 Å². The molecule has 0 amide bonds. The van der Waals surface area contributed by atoms with E-state index in [-0.39, 0.29) is 24.7 Å². The average Bonchev–Trinajstić information content (AvgIpc) is 2.79. The van der Waals surface area contributed by atoms with Gasteiger partial charge in [-0.1, -0.05) is 66.7 Å². The summed E-state index contributed by atoms with van der Waals surface area (Å²) in [5, 5.41) is 0. The third-order valence-corrected chi connectivity index (χ3v) is 4.92. The van der Waals surface area contributed by atoms with Crippen LogP contribution >= 0.6 is 0 Å². The van der Waals surface area contributed by atoms with Crippen molar-refractivity contribution in [2.75, 3.05) is 6.61 Å². The zero-order chi connectivity index (χ0) is 21.2. The molecule has 0 spiro atoms. The Labute approximate surface area is 177 Å². The average molecular weight is 402 g/mol. The maximum absolute atomic E-state index is 11.8. The maximum Gasteiger partial charge on any atom is 0.306 e. The molecule has 0 aromatic heterocycles. The monoisotopic (exact) mass is 402 g/mol. The second-order valence-corrected chi connectivity index (χ2v) is 7.03. The van der Waals surface area contributed by atoms with Gasteiger partial charge in [0.15, 0.2) is 0 Å². The van der Waals surface area contributed by atoms with Crippen LogP contribution in [0.15, 0.2) is 78.9 Å². The predicted molar refractivity (Wildman–Crippen MR) is 117 cm³/mol. The Morgan fingerprint density at radius 3 is 2.20 bits per heavy atom. The van der Waals surface area contributed by atoms with Crippen LogP contribution in [0.2, 0.25) is 0 Å². The van der Waals surface area contributed by atoms with Gasteiger partial charge in [-0.25, -0.2) is 0 Å². The molecule has 0 N–H and O–H groups in total. The number of benzene rings is 3. The van der Waals surface area contributed by atoms with Crippen molar-refractivity contribution in [2.45, 2.75) is 32.3 Å². The van der Waals surface area contributed by atoms with E-state index in [2.05, 4.69) is 36.4 Å². The van der Waals surface area contributed by atoms with Crippen LogP contribution in [0, 0.1) is 0 Å². The Balaban J connectivity index is 1.58. The van der Waals surface area contributed by atoms with Crippen molar-refractivity contribution >= 4 is 12.3 Å². The summed E-state index contributed by atoms with van der Waals surface area (Å²) in [6.45, 7) is 2.58. The minimum atomic E-state index is -0.288. The lowest BCUT2D eigenvalue weighted by molar-refractivity contribution is -0.143. The third-order valence-electron chi connectivity index (χ3n) is 4.92. The van der Waals surface area contributed by atoms with E-state index in [1.165, 1.54) is 11.1 Å². The van der Waals surface area contributed by atoms with Crippen molar-refractivity contribution in [3.8, 4) is 16.9 Å². The summed E-state index contributed by atoms with van der Waals surface area (Å²) in [4.78, 5) is 22.8. The van der Waals surface area contributed by atoms with Crippen molar-refractivity contribution < 1.29 is 19.1 Å². The first kappa shape index (κ1) is 21.3. The van der Waals surface area contributed by atoms with Crippen LogP contribution in [0.5, 0.6) is 5.75 Å². The van der Waals surface area contributed by atoms with Gasteiger partial charge in [-0.05, 0) is 41.3 Å². The molecular formula is C26H26O4. The number of hydrogen-bond acceptors (Lipinski definition) is 4. The number of ether oxygens (including phenoxy) is 2. The summed E-state index contributed by atoms with van der Waals surface area (Å²) in [6.07, 6.45) is 1.32. The number of carbonyl (C=O) groups excluding carboxylic acids is 2. The van der Waals surface area contributed by atoms with E-state index < -0.39 is 0 Å². The van der Waals surface area contributed by atoms with E-state index in [4.69, 9.17) is 9.47 Å². The second kappa shape index (κ2) is 11.0. The summed E-state index contributed by atoms with van der Waals surface area (Å²) in [5.41, 5.74) is 4.37. The number of aldehydes is 1. The van der Waals surface area contributed by atoms with E-state index in [1.54, 1.807) is 6.92 Å². The first-order chi connectivity index (χ1) is 14.7. The standard InChI is InChI=1S/C26H26O4/c1-2-29-26(28)18-24(16-17-27)23-12-14-25(15-13-23)30-19-20-8-10-22(11-9-20)21-6-4-3-5-7-21/h3-15,17,24H,2,16,18-19H2,1H3. The van der Waals surface area contributed by atoms with Gasteiger partial charge < -0.3 is 14.3 Å². The van der Waals surface area contributed by atoms with Gasteiger partial charge in [0.05, 0.1) is 13.0 Å². The summed E-state index contributed by atoms with van der Waals surface area (Å²) in [5.74, 6) is 0.275. The molecular weight excluding hydrogens is 376 g/mol. The molecule has 3 aromatic rings. The highest BCUT2D eigenvalue weighted by molar-refractivity contribution is 5.71. The van der Waals surface area contributed by atoms with Crippen LogP contribution in [-0.2, 0) is 20.9 Å². The number of esters is 1. The molecule has 4 nitrogen and oxygen atoms in total. The van der Waals surface area contributed by atoms with Crippen LogP contribution in [0.25, 0.3) is 11.1 Å². The lowest BCUT2D eigenvalue weighted by Gasteiger charge is -2.15. The number of carbonyl (C=O) groups is 2. The molecule has 4 heteroatoms. The molecule has 0 radical (unpaired) electrons. The molecule has 30 heavy (non-hydrogen) atoms. The van der Waals surface area contributed by atoms with Crippen molar-refractivity contribution in [1.29, 1.82) is 0 Å². The highest BCUT2D eigenvalue weighted by Crippen LogP contribution is 2.26. The first-order valence-electron chi connectivity index (χ1n) is 10.2. The molecule has 0 saturated carbocycles. The van der Waals surface area contributed by atoms with Crippen molar-refractivity contribution in [2.24, 2.45) is 0 Å². The third kappa shape index (κ3) is 6.05. The van der Waals surface area contributed by atoms with Gasteiger partial charge >= 0.3 is 5.97 Å². The lowest BCUT2D eigenvalue weighted by atomic mass is 9.93. The molecule has 0 fully saturated rings. The van der Waals surface area contributed by atoms with E-state index in [0.29, 0.717) is 13.2 Å². The minimum absolute atomic E-state index is 0.180. The Kier molecular flexibility index (Phi) is 7.78. The molecule has 1 unspecified atom stereocenters. The van der Waals surface area contributed by atoms with Crippen LogP contribution in [0.3, 0.4) is 0 Å². The number of hydrogen-bond donors (Lipinski definition) is 0. The molecule has 0 aliphatic carbocycles. The molecule has 3 aromatic carbocycles. The minimum Gasteiger partial charge on any atom is -0.489 e. The summed E-state index contributed by atoms with van der Waals surface area (Å²) < 4.78 is 10.9. The predicted octanol–water partition coefficient (Wildman–Crippen LogP) is 5.56. The van der Waals surface area contributed by atoms with Gasteiger partial charge in [0, 0.05) is 12.3 Å². The molecule has 0 aliphatic rings. The fourth-order valence-electron chi connectivity index (χ4n) is 3.30. The van der Waals surface area contributed by atoms with Gasteiger partial charge in [-0.3, -0.25) is 4.79 Å². The second-order valence-electron chi connectivity index (χ2n) is 7.03. The van der Waals surface area contributed by atoms with E-state index in [1.807, 2.05) is 42.5 Å². The van der Waals surface area contributed by atoms with Crippen LogP contribution in [-0.4, -0.2) is 18.9 Å². The smallest absolute Gasteiger partial charge is 0.306 e. The molecule has 0 bridgehead atoms. The fraction of sp³-hybridized carbons (Fsp3) is 0.231. The quantitative estimate of drug-likeness (QED) is 0.329. The van der Waals surface area contributed by atoms with E-state index in [9.17, 15) is 9.59 Å².